The molecule has 31 heavy (non-hydrogen) atoms. The Labute approximate surface area is 181 Å². The number of ether oxygens (including phenoxy) is 1. The predicted molar refractivity (Wildman–Crippen MR) is 114 cm³/mol. The number of amides is 3. The standard InChI is InChI=1S/C23H29N3O5/c1-15(28)26-10-6-9-22(21(24)30)11-17(20(29)25-2)19-18(12-22)23(13-27,14-31-19)16-7-4-3-5-8-16/h3-5,7-8,11,27H,6,9-10,12-14H2,1-2H3,(H2,24,30)(H,25,29)(H,26,28). The predicted octanol–water partition coefficient (Wildman–Crippen LogP) is 0.665. The number of aliphatic hydroxyl groups is 1. The lowest BCUT2D eigenvalue weighted by Gasteiger charge is -2.37. The molecule has 2 aliphatic rings. The molecule has 2 atom stereocenters. The van der Waals surface area contributed by atoms with Crippen molar-refractivity contribution < 1.29 is 24.2 Å². The largest absolute Gasteiger partial charge is 0.491 e. The average molecular weight is 428 g/mol. The van der Waals surface area contributed by atoms with Crippen LogP contribution in [0.1, 0.15) is 31.7 Å². The van der Waals surface area contributed by atoms with Gasteiger partial charge in [0.2, 0.25) is 11.8 Å². The van der Waals surface area contributed by atoms with Crippen LogP contribution in [0, 0.1) is 5.41 Å². The highest BCUT2D eigenvalue weighted by Crippen LogP contribution is 2.52. The van der Waals surface area contributed by atoms with Gasteiger partial charge >= 0.3 is 0 Å². The third-order valence-electron chi connectivity index (χ3n) is 6.20. The van der Waals surface area contributed by atoms with E-state index in [4.69, 9.17) is 10.5 Å². The molecule has 166 valence electrons. The summed E-state index contributed by atoms with van der Waals surface area (Å²) >= 11 is 0. The van der Waals surface area contributed by atoms with Gasteiger partial charge in [0, 0.05) is 20.5 Å². The summed E-state index contributed by atoms with van der Waals surface area (Å²) in [6, 6.07) is 9.43. The Morgan fingerprint density at radius 3 is 2.52 bits per heavy atom. The van der Waals surface area contributed by atoms with E-state index in [1.54, 1.807) is 6.08 Å². The maximum Gasteiger partial charge on any atom is 0.254 e. The van der Waals surface area contributed by atoms with E-state index >= 15 is 0 Å². The molecule has 3 rings (SSSR count). The normalized spacial score (nSPS) is 24.7. The van der Waals surface area contributed by atoms with Gasteiger partial charge in [0.15, 0.2) is 0 Å². The molecule has 2 unspecified atom stereocenters. The first-order valence-electron chi connectivity index (χ1n) is 10.3. The lowest BCUT2D eigenvalue weighted by Crippen LogP contribution is -2.43. The van der Waals surface area contributed by atoms with Crippen molar-refractivity contribution >= 4 is 17.7 Å². The van der Waals surface area contributed by atoms with Crippen LogP contribution in [0.3, 0.4) is 0 Å². The number of carbonyl (C=O) groups excluding carboxylic acids is 3. The molecule has 0 bridgehead atoms. The number of hydrogen-bond donors (Lipinski definition) is 4. The van der Waals surface area contributed by atoms with Crippen LogP contribution >= 0.6 is 0 Å². The molecule has 5 N–H and O–H groups in total. The lowest BCUT2D eigenvalue weighted by atomic mass is 9.64. The summed E-state index contributed by atoms with van der Waals surface area (Å²) in [5.41, 5.74) is 5.65. The number of benzene rings is 1. The summed E-state index contributed by atoms with van der Waals surface area (Å²) in [7, 11) is 1.51. The van der Waals surface area contributed by atoms with Crippen LogP contribution in [0.4, 0.5) is 0 Å². The molecule has 8 nitrogen and oxygen atoms in total. The lowest BCUT2D eigenvalue weighted by molar-refractivity contribution is -0.125. The molecule has 1 aliphatic carbocycles. The molecule has 0 radical (unpaired) electrons. The second kappa shape index (κ2) is 8.93. The topological polar surface area (TPSA) is 131 Å². The molecule has 0 spiro atoms. The van der Waals surface area contributed by atoms with Crippen molar-refractivity contribution in [1.82, 2.24) is 10.6 Å². The molecule has 0 saturated carbocycles. The molecule has 1 aromatic rings. The third-order valence-corrected chi connectivity index (χ3v) is 6.20. The molecule has 0 saturated heterocycles. The SMILES string of the molecule is CNC(=O)C1=CC(CCCNC(C)=O)(C(N)=O)CC2=C1OCC2(CO)c1ccccc1. The first kappa shape index (κ1) is 22.6. The van der Waals surface area contributed by atoms with Crippen molar-refractivity contribution in [2.45, 2.75) is 31.6 Å². The number of likely N-dealkylation sites (N-methyl/N-ethyl adjacent to an activating group) is 1. The van der Waals surface area contributed by atoms with Crippen LogP contribution in [-0.2, 0) is 24.5 Å². The van der Waals surface area contributed by atoms with Crippen LogP contribution in [0.15, 0.2) is 53.3 Å². The minimum Gasteiger partial charge on any atom is -0.491 e. The van der Waals surface area contributed by atoms with Crippen LogP contribution in [0.5, 0.6) is 0 Å². The van der Waals surface area contributed by atoms with Crippen molar-refractivity contribution in [3.05, 3.63) is 58.9 Å². The van der Waals surface area contributed by atoms with Gasteiger partial charge < -0.3 is 26.2 Å². The van der Waals surface area contributed by atoms with Crippen LogP contribution < -0.4 is 16.4 Å². The summed E-state index contributed by atoms with van der Waals surface area (Å²) in [4.78, 5) is 36.6. The summed E-state index contributed by atoms with van der Waals surface area (Å²) in [5.74, 6) is -0.705. The van der Waals surface area contributed by atoms with Crippen molar-refractivity contribution in [3.63, 3.8) is 0 Å². The molecular weight excluding hydrogens is 398 g/mol. The van der Waals surface area contributed by atoms with Gasteiger partial charge in [-0.15, -0.1) is 0 Å². The first-order chi connectivity index (χ1) is 14.8. The van der Waals surface area contributed by atoms with Crippen LogP contribution in [0.25, 0.3) is 0 Å². The molecule has 0 aromatic heterocycles. The molecule has 8 heteroatoms. The van der Waals surface area contributed by atoms with E-state index in [9.17, 15) is 19.5 Å². The fourth-order valence-electron chi connectivity index (χ4n) is 4.45. The second-order valence-corrected chi connectivity index (χ2v) is 8.12. The monoisotopic (exact) mass is 427 g/mol. The van der Waals surface area contributed by atoms with E-state index < -0.39 is 16.7 Å². The summed E-state index contributed by atoms with van der Waals surface area (Å²) < 4.78 is 5.97. The summed E-state index contributed by atoms with van der Waals surface area (Å²) in [6.45, 7) is 1.74. The van der Waals surface area contributed by atoms with E-state index in [1.165, 1.54) is 14.0 Å². The maximum absolute atomic E-state index is 12.7. The highest BCUT2D eigenvalue weighted by molar-refractivity contribution is 6.00. The van der Waals surface area contributed by atoms with Gasteiger partial charge in [-0.3, -0.25) is 14.4 Å². The van der Waals surface area contributed by atoms with Gasteiger partial charge in [-0.25, -0.2) is 0 Å². The quantitative estimate of drug-likeness (QED) is 0.453. The molecule has 1 aromatic carbocycles. The number of carbonyl (C=O) groups is 3. The number of rotatable bonds is 8. The molecule has 1 heterocycles. The molecule has 0 fully saturated rings. The van der Waals surface area contributed by atoms with Gasteiger partial charge in [-0.1, -0.05) is 36.4 Å². The minimum absolute atomic E-state index is 0.157. The molecule has 3 amide bonds. The Morgan fingerprint density at radius 1 is 1.23 bits per heavy atom. The summed E-state index contributed by atoms with van der Waals surface area (Å²) in [5, 5.41) is 15.8. The number of nitrogens with two attached hydrogens (primary N) is 1. The fraction of sp³-hybridized carbons (Fsp3) is 0.435. The fourth-order valence-corrected chi connectivity index (χ4v) is 4.45. The highest BCUT2D eigenvalue weighted by Gasteiger charge is 2.52. The Morgan fingerprint density at radius 2 is 1.94 bits per heavy atom. The number of aliphatic hydroxyl groups excluding tert-OH is 1. The Kier molecular flexibility index (Phi) is 6.50. The number of primary amides is 1. The molecular formula is C23H29N3O5. The Hall–Kier alpha value is -3.13. The van der Waals surface area contributed by atoms with Crippen molar-refractivity contribution in [3.8, 4) is 0 Å². The zero-order chi connectivity index (χ0) is 22.6. The number of hydrogen-bond acceptors (Lipinski definition) is 5. The van der Waals surface area contributed by atoms with Crippen LogP contribution in [-0.4, -0.2) is 49.6 Å². The van der Waals surface area contributed by atoms with Gasteiger partial charge in [-0.05, 0) is 30.4 Å². The van der Waals surface area contributed by atoms with Crippen LogP contribution in [0.2, 0.25) is 0 Å². The Bertz CT molecular complexity index is 940. The van der Waals surface area contributed by atoms with E-state index in [1.807, 2.05) is 30.3 Å². The zero-order valence-corrected chi connectivity index (χ0v) is 17.9. The Balaban J connectivity index is 2.08. The average Bonchev–Trinajstić information content (AvgIpc) is 3.15. The second-order valence-electron chi connectivity index (χ2n) is 8.12. The smallest absolute Gasteiger partial charge is 0.254 e. The van der Waals surface area contributed by atoms with E-state index in [0.29, 0.717) is 30.7 Å². The van der Waals surface area contributed by atoms with Crippen molar-refractivity contribution in [2.75, 3.05) is 26.8 Å². The highest BCUT2D eigenvalue weighted by atomic mass is 16.5. The number of nitrogens with one attached hydrogen (secondary N) is 2. The van der Waals surface area contributed by atoms with Crippen molar-refractivity contribution in [2.24, 2.45) is 11.1 Å². The van der Waals surface area contributed by atoms with Crippen molar-refractivity contribution in [1.29, 1.82) is 0 Å². The van der Waals surface area contributed by atoms with E-state index in [-0.39, 0.29) is 37.0 Å². The van der Waals surface area contributed by atoms with Gasteiger partial charge in [0.25, 0.3) is 5.91 Å². The van der Waals surface area contributed by atoms with E-state index in [0.717, 1.165) is 5.56 Å². The first-order valence-corrected chi connectivity index (χ1v) is 10.3. The zero-order valence-electron chi connectivity index (χ0n) is 17.9. The third kappa shape index (κ3) is 4.07. The van der Waals surface area contributed by atoms with E-state index in [2.05, 4.69) is 10.6 Å². The maximum atomic E-state index is 12.7. The van der Waals surface area contributed by atoms with Gasteiger partial charge in [-0.2, -0.15) is 0 Å². The van der Waals surface area contributed by atoms with Gasteiger partial charge in [0.1, 0.15) is 12.4 Å². The summed E-state index contributed by atoms with van der Waals surface area (Å²) in [6.07, 6.45) is 2.67. The molecule has 1 aliphatic heterocycles. The minimum atomic E-state index is -1.14. The van der Waals surface area contributed by atoms with Gasteiger partial charge in [0.05, 0.1) is 23.0 Å².